The van der Waals surface area contributed by atoms with Gasteiger partial charge in [0.1, 0.15) is 5.60 Å². The fraction of sp³-hybridized carbons (Fsp3) is 0.514. The van der Waals surface area contributed by atoms with Crippen LogP contribution in [0.5, 0.6) is 0 Å². The fourth-order valence-electron chi connectivity index (χ4n) is 5.85. The van der Waals surface area contributed by atoms with Gasteiger partial charge in [0.15, 0.2) is 11.6 Å². The number of nitrogens with one attached hydrogen (secondary N) is 1. The zero-order valence-electron chi connectivity index (χ0n) is 28.0. The van der Waals surface area contributed by atoms with Gasteiger partial charge >= 0.3 is 6.09 Å². The normalized spacial score (nSPS) is 19.7. The van der Waals surface area contributed by atoms with E-state index in [2.05, 4.69) is 43.8 Å². The van der Waals surface area contributed by atoms with Gasteiger partial charge in [0.25, 0.3) is 11.8 Å². The second-order valence-electron chi connectivity index (χ2n) is 13.2. The van der Waals surface area contributed by atoms with Crippen molar-refractivity contribution in [2.75, 3.05) is 0 Å². The van der Waals surface area contributed by atoms with Gasteiger partial charge in [0, 0.05) is 30.4 Å². The van der Waals surface area contributed by atoms with Crippen LogP contribution in [0.15, 0.2) is 45.4 Å². The van der Waals surface area contributed by atoms with Crippen LogP contribution < -0.4 is 11.1 Å². The summed E-state index contributed by atoms with van der Waals surface area (Å²) in [6.45, 7) is 7.88. The number of carbonyl (C=O) groups is 1. The summed E-state index contributed by atoms with van der Waals surface area (Å²) in [6, 6.07) is 12.6. The number of hydrogen-bond donors (Lipinski definition) is 2. The molecule has 2 atom stereocenters. The lowest BCUT2D eigenvalue weighted by molar-refractivity contribution is 0.0503. The van der Waals surface area contributed by atoms with E-state index in [0.717, 1.165) is 66.9 Å². The number of halogens is 1. The summed E-state index contributed by atoms with van der Waals surface area (Å²) in [7, 11) is 0. The van der Waals surface area contributed by atoms with Crippen molar-refractivity contribution in [2.45, 2.75) is 115 Å². The Balaban J connectivity index is 0.000000174. The van der Waals surface area contributed by atoms with E-state index in [0.29, 0.717) is 30.5 Å². The molecule has 11 heteroatoms. The van der Waals surface area contributed by atoms with Crippen LogP contribution in [0.4, 0.5) is 4.79 Å². The average Bonchev–Trinajstić information content (AvgIpc) is 3.85. The third-order valence-electron chi connectivity index (χ3n) is 8.44. The number of amides is 1. The Morgan fingerprint density at radius 1 is 0.870 bits per heavy atom. The van der Waals surface area contributed by atoms with Crippen LogP contribution in [-0.4, -0.2) is 32.0 Å². The number of ether oxygens (including phenoxy) is 1. The second-order valence-corrected chi connectivity index (χ2v) is 13.2. The number of aryl methyl sites for hydroxylation is 2. The zero-order valence-corrected chi connectivity index (χ0v) is 27.9. The molecular formula is C35H45ClN6O4. The first-order valence-electron chi connectivity index (χ1n) is 16.8. The van der Waals surface area contributed by atoms with Gasteiger partial charge < -0.3 is 24.8 Å². The Hall–Kier alpha value is -3.76. The summed E-state index contributed by atoms with van der Waals surface area (Å²) in [5.74, 6) is 3.91. The second kappa shape index (κ2) is 13.9. The van der Waals surface area contributed by atoms with E-state index in [-0.39, 0.29) is 30.6 Å². The van der Waals surface area contributed by atoms with E-state index in [1.807, 2.05) is 39.0 Å². The number of hydrogen-bond acceptors (Lipinski definition) is 9. The minimum Gasteiger partial charge on any atom is -0.444 e. The maximum absolute atomic E-state index is 12.0. The van der Waals surface area contributed by atoms with Crippen molar-refractivity contribution in [3.05, 3.63) is 70.3 Å². The molecule has 4 aliphatic rings. The van der Waals surface area contributed by atoms with Gasteiger partial charge in [-0.25, -0.2) is 4.79 Å². The summed E-state index contributed by atoms with van der Waals surface area (Å²) >= 11 is 0. The van der Waals surface area contributed by atoms with E-state index in [9.17, 15) is 4.79 Å². The molecule has 2 aromatic heterocycles. The van der Waals surface area contributed by atoms with Gasteiger partial charge in [-0.1, -0.05) is 36.3 Å². The Labute approximate surface area is 278 Å². The first-order valence-corrected chi connectivity index (χ1v) is 16.1. The SMILES string of the molecule is CC(C)(C)OC(=O)N[C@@H]1CCc2cc(-c3nc(C4CC4)no3)ccc21.Cl.N[C@@H]1CCc2cc(-c3nc(C4CC4)no3)ccc21.[2H]CC. The number of aromatic nitrogens is 4. The van der Waals surface area contributed by atoms with Crippen molar-refractivity contribution >= 4 is 18.5 Å². The predicted molar refractivity (Wildman–Crippen MR) is 178 cm³/mol. The maximum Gasteiger partial charge on any atom is 0.408 e. The number of nitrogens with zero attached hydrogens (tertiary/aromatic N) is 4. The lowest BCUT2D eigenvalue weighted by atomic mass is 10.0. The monoisotopic (exact) mass is 649 g/mol. The first-order chi connectivity index (χ1) is 22.1. The van der Waals surface area contributed by atoms with Crippen molar-refractivity contribution in [1.82, 2.24) is 25.6 Å². The molecule has 8 rings (SSSR count). The van der Waals surface area contributed by atoms with Gasteiger partial charge in [0.2, 0.25) is 0 Å². The van der Waals surface area contributed by atoms with Gasteiger partial charge in [-0.2, -0.15) is 9.97 Å². The van der Waals surface area contributed by atoms with Gasteiger partial charge in [-0.05, 0) is 119 Å². The van der Waals surface area contributed by atoms with Crippen molar-refractivity contribution in [1.29, 1.82) is 0 Å². The van der Waals surface area contributed by atoms with Crippen LogP contribution >= 0.6 is 12.4 Å². The molecule has 4 aliphatic carbocycles. The van der Waals surface area contributed by atoms with E-state index < -0.39 is 5.60 Å². The highest BCUT2D eigenvalue weighted by atomic mass is 35.5. The molecule has 0 saturated heterocycles. The number of rotatable bonds is 5. The number of benzene rings is 2. The highest BCUT2D eigenvalue weighted by molar-refractivity contribution is 5.85. The zero-order chi connectivity index (χ0) is 32.4. The van der Waals surface area contributed by atoms with Crippen LogP contribution in [0, 0.1) is 0 Å². The van der Waals surface area contributed by atoms with Crippen molar-refractivity contribution in [3.8, 4) is 22.9 Å². The van der Waals surface area contributed by atoms with Crippen LogP contribution in [0.25, 0.3) is 22.9 Å². The topological polar surface area (TPSA) is 142 Å². The summed E-state index contributed by atoms with van der Waals surface area (Å²) in [5.41, 5.74) is 12.4. The molecule has 0 radical (unpaired) electrons. The Morgan fingerprint density at radius 2 is 1.37 bits per heavy atom. The maximum atomic E-state index is 12.0. The summed E-state index contributed by atoms with van der Waals surface area (Å²) in [6.07, 6.45) is 8.19. The Morgan fingerprint density at radius 3 is 1.89 bits per heavy atom. The Kier molecular flexibility index (Phi) is 9.75. The predicted octanol–water partition coefficient (Wildman–Crippen LogP) is 8.13. The smallest absolute Gasteiger partial charge is 0.408 e. The van der Waals surface area contributed by atoms with E-state index in [1.54, 1.807) is 6.92 Å². The molecule has 0 bridgehead atoms. The van der Waals surface area contributed by atoms with Gasteiger partial charge in [-0.3, -0.25) is 0 Å². The molecule has 10 nitrogen and oxygen atoms in total. The number of carbonyl (C=O) groups excluding carboxylic acids is 1. The van der Waals surface area contributed by atoms with E-state index in [4.69, 9.17) is 20.9 Å². The average molecular weight is 650 g/mol. The molecule has 0 aliphatic heterocycles. The summed E-state index contributed by atoms with van der Waals surface area (Å²) < 4.78 is 22.3. The molecule has 246 valence electrons. The third kappa shape index (κ3) is 7.78. The van der Waals surface area contributed by atoms with Crippen molar-refractivity contribution in [3.63, 3.8) is 0 Å². The van der Waals surface area contributed by atoms with Gasteiger partial charge in [0.05, 0.1) is 6.04 Å². The third-order valence-corrected chi connectivity index (χ3v) is 8.44. The Bertz CT molecular complexity index is 1680. The van der Waals surface area contributed by atoms with Crippen LogP contribution in [0.2, 0.25) is 0 Å². The van der Waals surface area contributed by atoms with Crippen molar-refractivity contribution in [2.24, 2.45) is 5.73 Å². The van der Waals surface area contributed by atoms with E-state index >= 15 is 0 Å². The molecule has 0 spiro atoms. The molecule has 3 N–H and O–H groups in total. The number of fused-ring (bicyclic) bond motifs is 2. The highest BCUT2D eigenvalue weighted by Gasteiger charge is 2.31. The minimum atomic E-state index is -0.493. The summed E-state index contributed by atoms with van der Waals surface area (Å²) in [5, 5.41) is 11.1. The number of alkyl carbamates (subject to hydrolysis) is 1. The van der Waals surface area contributed by atoms with Gasteiger partial charge in [-0.15, -0.1) is 12.4 Å². The largest absolute Gasteiger partial charge is 0.444 e. The molecule has 2 aromatic carbocycles. The lowest BCUT2D eigenvalue weighted by Crippen LogP contribution is -2.34. The molecule has 4 aromatic rings. The quantitative estimate of drug-likeness (QED) is 0.219. The highest BCUT2D eigenvalue weighted by Crippen LogP contribution is 2.41. The lowest BCUT2D eigenvalue weighted by Gasteiger charge is -2.22. The molecule has 2 fully saturated rings. The standard InChI is InChI=1S/C19H23N3O3.C14H15N3O.C2H6.ClH/c1-19(2,3)24-18(23)20-15-9-7-12-10-13(6-8-14(12)15)17-21-16(22-25-17)11-4-5-11;15-12-6-4-9-7-10(3-5-11(9)12)14-16-13(17-18-14)8-1-2-8;1-2;/h6,8,10-11,15H,4-5,7,9H2,1-3H3,(H,20,23);3,5,7-8,12H,1-2,4,6,15H2;1-2H3;1H/t15-;12-;;/m11../s1/i;;1D;. The number of nitrogens with two attached hydrogens (primary N) is 1. The van der Waals surface area contributed by atoms with E-state index in [1.165, 1.54) is 29.5 Å². The summed E-state index contributed by atoms with van der Waals surface area (Å²) in [4.78, 5) is 21.0. The van der Waals surface area contributed by atoms with Crippen LogP contribution in [0.1, 0.15) is 132 Å². The van der Waals surface area contributed by atoms with Crippen LogP contribution in [0.3, 0.4) is 0 Å². The fourth-order valence-corrected chi connectivity index (χ4v) is 5.85. The molecule has 2 saturated carbocycles. The minimum absolute atomic E-state index is 0. The molecule has 0 unspecified atom stereocenters. The molecule has 2 heterocycles. The molecular weight excluding hydrogens is 604 g/mol. The van der Waals surface area contributed by atoms with Crippen molar-refractivity contribution < 1.29 is 19.9 Å². The molecule has 46 heavy (non-hydrogen) atoms. The molecule has 1 amide bonds. The first kappa shape index (κ1) is 32.2. The van der Waals surface area contributed by atoms with Crippen LogP contribution in [-0.2, 0) is 17.6 Å².